The van der Waals surface area contributed by atoms with Gasteiger partial charge in [-0.1, -0.05) is 0 Å². The fourth-order valence-electron chi connectivity index (χ4n) is 5.41. The molecule has 3 aliphatic rings. The zero-order valence-corrected chi connectivity index (χ0v) is 23.2. The Balaban J connectivity index is 1.80. The molecule has 0 spiro atoms. The van der Waals surface area contributed by atoms with E-state index < -0.39 is 118 Å². The maximum absolute atomic E-state index is 11.4. The highest BCUT2D eigenvalue weighted by atomic mass is 16.7. The van der Waals surface area contributed by atoms with Crippen LogP contribution in [0.4, 0.5) is 0 Å². The number of hydrogen-bond acceptors (Lipinski definition) is 18. The summed E-state index contributed by atoms with van der Waals surface area (Å²) < 4.78 is 23.0. The number of hydrogen-bond donors (Lipinski definition) is 14. The molecule has 3 fully saturated rings. The predicted octanol–water partition coefficient (Wildman–Crippen LogP) is -8.29. The Labute approximate surface area is 242 Å². The third-order valence-corrected chi connectivity index (χ3v) is 7.95. The molecule has 1 aliphatic carbocycles. The Hall–Kier alpha value is -0.720. The van der Waals surface area contributed by atoms with E-state index in [4.69, 9.17) is 35.5 Å². The number of ether oxygens (including phenoxy) is 4. The van der Waals surface area contributed by atoms with Gasteiger partial charge in [-0.25, -0.2) is 0 Å². The predicted molar refractivity (Wildman–Crippen MR) is 140 cm³/mol. The van der Waals surface area contributed by atoms with Crippen LogP contribution in [0, 0.1) is 0 Å². The van der Waals surface area contributed by atoms with E-state index in [1.54, 1.807) is 0 Å². The zero-order valence-electron chi connectivity index (χ0n) is 23.2. The maximum atomic E-state index is 11.4. The second-order valence-electron chi connectivity index (χ2n) is 11.0. The molecule has 0 bridgehead atoms. The lowest BCUT2D eigenvalue weighted by Crippen LogP contribution is -2.69. The second-order valence-corrected chi connectivity index (χ2v) is 11.0. The smallest absolute Gasteiger partial charge is 0.187 e. The van der Waals surface area contributed by atoms with E-state index in [0.29, 0.717) is 13.0 Å². The molecule has 248 valence electrons. The quantitative estimate of drug-likeness (QED) is 0.0805. The molecular formula is C24H48N4O14. The molecule has 1 unspecified atom stereocenters. The molecule has 2 heterocycles. The summed E-state index contributed by atoms with van der Waals surface area (Å²) in [6.07, 6.45) is -17.0. The van der Waals surface area contributed by atoms with Crippen molar-refractivity contribution >= 4 is 0 Å². The lowest BCUT2D eigenvalue weighted by Gasteiger charge is -2.49. The third-order valence-electron chi connectivity index (χ3n) is 7.95. The van der Waals surface area contributed by atoms with Crippen molar-refractivity contribution in [2.45, 2.75) is 111 Å². The van der Waals surface area contributed by atoms with Gasteiger partial charge in [0, 0.05) is 25.2 Å². The number of aliphatic hydroxyl groups is 10. The molecule has 18 heteroatoms. The number of rotatable bonds is 14. The molecule has 2 aliphatic heterocycles. The Kier molecular flexibility index (Phi) is 14.1. The number of nitrogens with two attached hydrogens (primary N) is 2. The summed E-state index contributed by atoms with van der Waals surface area (Å²) in [7, 11) is 0. The van der Waals surface area contributed by atoms with Gasteiger partial charge in [0.1, 0.15) is 61.0 Å². The van der Waals surface area contributed by atoms with Gasteiger partial charge in [0.2, 0.25) is 0 Å². The van der Waals surface area contributed by atoms with Crippen LogP contribution in [0.2, 0.25) is 0 Å². The van der Waals surface area contributed by atoms with Crippen molar-refractivity contribution in [1.29, 1.82) is 0 Å². The summed E-state index contributed by atoms with van der Waals surface area (Å²) in [6, 6.07) is -3.93. The summed E-state index contributed by atoms with van der Waals surface area (Å²) in [5, 5.41) is 107. The van der Waals surface area contributed by atoms with E-state index in [1.165, 1.54) is 0 Å². The highest BCUT2D eigenvalue weighted by molar-refractivity contribution is 5.03. The van der Waals surface area contributed by atoms with E-state index in [9.17, 15) is 46.0 Å². The Bertz CT molecular complexity index is 787. The van der Waals surface area contributed by atoms with Crippen LogP contribution in [-0.2, 0) is 18.9 Å². The van der Waals surface area contributed by atoms with E-state index in [1.807, 2.05) is 0 Å². The van der Waals surface area contributed by atoms with Gasteiger partial charge in [-0.15, -0.1) is 0 Å². The largest absolute Gasteiger partial charge is 0.396 e. The SMILES string of the molecule is N[C@@H]1[C@@H](O)[C@@H](O[C@H]2[C@H](NC(CO)CO)C[C@H](N)C(O[C@H]3O[C@H](CNCCCO)[C@@H](O)[C@H](O)[C@H]3O)[C@@H]2O)O[C@H](CO)[C@H]1O. The minimum Gasteiger partial charge on any atom is -0.396 e. The van der Waals surface area contributed by atoms with Gasteiger partial charge in [-0.3, -0.25) is 0 Å². The molecule has 1 saturated carbocycles. The highest BCUT2D eigenvalue weighted by Gasteiger charge is 2.52. The highest BCUT2D eigenvalue weighted by Crippen LogP contribution is 2.32. The molecule has 2 saturated heterocycles. The lowest BCUT2D eigenvalue weighted by atomic mass is 9.83. The van der Waals surface area contributed by atoms with Crippen molar-refractivity contribution in [3.05, 3.63) is 0 Å². The van der Waals surface area contributed by atoms with Gasteiger partial charge in [0.15, 0.2) is 12.6 Å². The summed E-state index contributed by atoms with van der Waals surface area (Å²) in [5.74, 6) is 0. The topological polar surface area (TPSA) is 315 Å². The lowest BCUT2D eigenvalue weighted by molar-refractivity contribution is -0.333. The molecule has 0 radical (unpaired) electrons. The van der Waals surface area contributed by atoms with Crippen LogP contribution in [0.1, 0.15) is 12.8 Å². The van der Waals surface area contributed by atoms with Crippen molar-refractivity contribution in [3.63, 3.8) is 0 Å². The summed E-state index contributed by atoms with van der Waals surface area (Å²) in [5.41, 5.74) is 12.2. The Morgan fingerprint density at radius 3 is 1.98 bits per heavy atom. The molecule has 0 amide bonds. The van der Waals surface area contributed by atoms with Gasteiger partial charge in [0.05, 0.1) is 31.9 Å². The molecule has 18 nitrogen and oxygen atoms in total. The molecule has 0 aromatic rings. The van der Waals surface area contributed by atoms with Gasteiger partial charge in [0.25, 0.3) is 0 Å². The van der Waals surface area contributed by atoms with E-state index in [0.717, 1.165) is 0 Å². The Morgan fingerprint density at radius 1 is 0.738 bits per heavy atom. The van der Waals surface area contributed by atoms with Crippen LogP contribution < -0.4 is 22.1 Å². The molecule has 0 aromatic carbocycles. The summed E-state index contributed by atoms with van der Waals surface area (Å²) in [6.45, 7) is -1.23. The van der Waals surface area contributed by atoms with E-state index in [-0.39, 0.29) is 19.6 Å². The first kappa shape index (κ1) is 35.8. The molecule has 15 atom stereocenters. The van der Waals surface area contributed by atoms with Crippen molar-refractivity contribution < 1.29 is 70.0 Å². The van der Waals surface area contributed by atoms with Crippen molar-refractivity contribution in [1.82, 2.24) is 10.6 Å². The summed E-state index contributed by atoms with van der Waals surface area (Å²) >= 11 is 0. The summed E-state index contributed by atoms with van der Waals surface area (Å²) in [4.78, 5) is 0. The maximum Gasteiger partial charge on any atom is 0.187 e. The monoisotopic (exact) mass is 616 g/mol. The molecule has 3 rings (SSSR count). The van der Waals surface area contributed by atoms with Crippen LogP contribution in [0.5, 0.6) is 0 Å². The van der Waals surface area contributed by atoms with Crippen molar-refractivity contribution in [2.75, 3.05) is 39.5 Å². The zero-order chi connectivity index (χ0) is 31.1. The van der Waals surface area contributed by atoms with E-state index in [2.05, 4.69) is 10.6 Å². The van der Waals surface area contributed by atoms with Crippen LogP contribution in [-0.4, -0.2) is 188 Å². The molecule has 42 heavy (non-hydrogen) atoms. The van der Waals surface area contributed by atoms with Crippen LogP contribution in [0.25, 0.3) is 0 Å². The third kappa shape index (κ3) is 8.30. The van der Waals surface area contributed by atoms with Crippen molar-refractivity contribution in [3.8, 4) is 0 Å². The van der Waals surface area contributed by atoms with Gasteiger partial charge >= 0.3 is 0 Å². The van der Waals surface area contributed by atoms with Crippen LogP contribution in [0.15, 0.2) is 0 Å². The molecule has 0 aromatic heterocycles. The van der Waals surface area contributed by atoms with Crippen molar-refractivity contribution in [2.24, 2.45) is 11.5 Å². The first-order valence-electron chi connectivity index (χ1n) is 14.1. The van der Waals surface area contributed by atoms with Gasteiger partial charge < -0.3 is 92.1 Å². The fourth-order valence-corrected chi connectivity index (χ4v) is 5.41. The standard InChI is InChI=1S/C24H48N4O14/c25-10-4-11(28-9(6-30)7-31)22(42-23-17(35)14(26)15(33)13(8-32)40-23)20(38)21(10)41-24-19(37)18(36)16(34)12(39-24)5-27-2-1-3-29/h9-24,27-38H,1-8,25-26H2/t10-,11+,12+,13+,14-,15+,16+,17+,18-,19+,20-,21?,22-,23+,24+/m0/s1. The first-order valence-corrected chi connectivity index (χ1v) is 14.1. The normalized spacial score (nSPS) is 44.9. The number of nitrogens with one attached hydrogen (secondary N) is 2. The second kappa shape index (κ2) is 16.5. The van der Waals surface area contributed by atoms with E-state index >= 15 is 0 Å². The minimum absolute atomic E-state index is 0.00392. The van der Waals surface area contributed by atoms with Crippen LogP contribution >= 0.6 is 0 Å². The Morgan fingerprint density at radius 2 is 1.36 bits per heavy atom. The fraction of sp³-hybridized carbons (Fsp3) is 1.00. The van der Waals surface area contributed by atoms with Gasteiger partial charge in [-0.2, -0.15) is 0 Å². The molecule has 16 N–H and O–H groups in total. The minimum atomic E-state index is -1.73. The van der Waals surface area contributed by atoms with Crippen LogP contribution in [0.3, 0.4) is 0 Å². The van der Waals surface area contributed by atoms with Gasteiger partial charge in [-0.05, 0) is 19.4 Å². The molecular weight excluding hydrogens is 568 g/mol. The first-order chi connectivity index (χ1) is 20.0. The average molecular weight is 617 g/mol. The average Bonchev–Trinajstić information content (AvgIpc) is 2.98. The number of aliphatic hydroxyl groups excluding tert-OH is 10.